The first kappa shape index (κ1) is 26.0. The van der Waals surface area contributed by atoms with Gasteiger partial charge >= 0.3 is 5.97 Å². The zero-order valence-electron chi connectivity index (χ0n) is 22.0. The average Bonchev–Trinajstić information content (AvgIpc) is 3.44. The summed E-state index contributed by atoms with van der Waals surface area (Å²) in [6.45, 7) is 3.30. The summed E-state index contributed by atoms with van der Waals surface area (Å²) in [6, 6.07) is 15.3. The van der Waals surface area contributed by atoms with Crippen LogP contribution in [0.25, 0.3) is 16.7 Å². The lowest BCUT2D eigenvalue weighted by Crippen LogP contribution is -2.47. The van der Waals surface area contributed by atoms with E-state index in [2.05, 4.69) is 34.9 Å². The lowest BCUT2D eigenvalue weighted by molar-refractivity contribution is -0.140. The summed E-state index contributed by atoms with van der Waals surface area (Å²) in [6.07, 6.45) is 4.19. The third-order valence-electron chi connectivity index (χ3n) is 6.78. The van der Waals surface area contributed by atoms with Crippen LogP contribution in [-0.2, 0) is 9.53 Å². The SMILES string of the molecule is COC(=O)CCCNC(=O)c1ccc(OC)c(N2CCN(c3ncnc4c3cnn4-c3ccccc3)CC2)c1. The van der Waals surface area contributed by atoms with Crippen molar-refractivity contribution in [2.45, 2.75) is 12.8 Å². The standard InChI is InChI=1S/C28H31N7O4/c1-38-24-11-10-20(28(37)29-12-6-9-25(36)39-2)17-23(24)33-13-15-34(16-14-33)26-22-18-32-35(27(22)31-19-30-26)21-7-4-3-5-8-21/h3-5,7-8,10-11,17-19H,6,9,12-16H2,1-2H3,(H,29,37). The largest absolute Gasteiger partial charge is 0.495 e. The molecular weight excluding hydrogens is 498 g/mol. The van der Waals surface area contributed by atoms with Crippen molar-refractivity contribution < 1.29 is 19.1 Å². The minimum atomic E-state index is -0.289. The maximum absolute atomic E-state index is 12.7. The molecule has 0 bridgehead atoms. The number of fused-ring (bicyclic) bond motifs is 1. The van der Waals surface area contributed by atoms with Gasteiger partial charge < -0.3 is 24.6 Å². The molecule has 202 valence electrons. The van der Waals surface area contributed by atoms with E-state index in [0.717, 1.165) is 54.4 Å². The molecule has 0 saturated carbocycles. The second kappa shape index (κ2) is 11.8. The molecule has 0 unspecified atom stereocenters. The number of nitrogens with zero attached hydrogens (tertiary/aromatic N) is 6. The summed E-state index contributed by atoms with van der Waals surface area (Å²) in [7, 11) is 2.98. The molecule has 1 saturated heterocycles. The van der Waals surface area contributed by atoms with Crippen LogP contribution in [-0.4, -0.2) is 78.6 Å². The van der Waals surface area contributed by atoms with Gasteiger partial charge in [-0.1, -0.05) is 18.2 Å². The quantitative estimate of drug-likeness (QED) is 0.258. The van der Waals surface area contributed by atoms with Crippen LogP contribution in [0.15, 0.2) is 61.1 Å². The number of carbonyl (C=O) groups is 2. The summed E-state index contributed by atoms with van der Waals surface area (Å²) in [4.78, 5) is 37.6. The van der Waals surface area contributed by atoms with Crippen LogP contribution in [0.1, 0.15) is 23.2 Å². The predicted octanol–water partition coefficient (Wildman–Crippen LogP) is 2.83. The molecule has 4 aromatic rings. The maximum Gasteiger partial charge on any atom is 0.305 e. The van der Waals surface area contributed by atoms with Gasteiger partial charge in [0.2, 0.25) is 0 Å². The summed E-state index contributed by atoms with van der Waals surface area (Å²) in [5.41, 5.74) is 3.11. The van der Waals surface area contributed by atoms with Gasteiger partial charge in [-0.3, -0.25) is 9.59 Å². The molecule has 39 heavy (non-hydrogen) atoms. The summed E-state index contributed by atoms with van der Waals surface area (Å²) >= 11 is 0. The Hall–Kier alpha value is -4.67. The number of esters is 1. The normalized spacial score (nSPS) is 13.4. The third kappa shape index (κ3) is 5.62. The number of hydrogen-bond donors (Lipinski definition) is 1. The lowest BCUT2D eigenvalue weighted by Gasteiger charge is -2.37. The Kier molecular flexibility index (Phi) is 7.86. The highest BCUT2D eigenvalue weighted by molar-refractivity contribution is 5.95. The van der Waals surface area contributed by atoms with Gasteiger partial charge in [-0.2, -0.15) is 5.10 Å². The third-order valence-corrected chi connectivity index (χ3v) is 6.78. The Morgan fingerprint density at radius 2 is 1.74 bits per heavy atom. The van der Waals surface area contributed by atoms with Gasteiger partial charge in [0.05, 0.1) is 37.2 Å². The molecule has 0 radical (unpaired) electrons. The van der Waals surface area contributed by atoms with Gasteiger partial charge in [-0.05, 0) is 36.8 Å². The molecule has 5 rings (SSSR count). The highest BCUT2D eigenvalue weighted by Crippen LogP contribution is 2.32. The molecule has 11 heteroatoms. The van der Waals surface area contributed by atoms with E-state index >= 15 is 0 Å². The van der Waals surface area contributed by atoms with Gasteiger partial charge in [0.1, 0.15) is 17.9 Å². The fourth-order valence-electron chi connectivity index (χ4n) is 4.72. The van der Waals surface area contributed by atoms with E-state index in [9.17, 15) is 9.59 Å². The smallest absolute Gasteiger partial charge is 0.305 e. The van der Waals surface area contributed by atoms with Crippen molar-refractivity contribution in [3.05, 3.63) is 66.6 Å². The van der Waals surface area contributed by atoms with E-state index < -0.39 is 0 Å². The summed E-state index contributed by atoms with van der Waals surface area (Å²) in [5.74, 6) is 1.08. The number of ether oxygens (including phenoxy) is 2. The number of anilines is 2. The van der Waals surface area contributed by atoms with Crippen LogP contribution >= 0.6 is 0 Å². The van der Waals surface area contributed by atoms with Crippen LogP contribution < -0.4 is 19.9 Å². The van der Waals surface area contributed by atoms with Crippen molar-refractivity contribution in [2.24, 2.45) is 0 Å². The molecule has 1 fully saturated rings. The van der Waals surface area contributed by atoms with Crippen molar-refractivity contribution in [2.75, 3.05) is 56.7 Å². The fourth-order valence-corrected chi connectivity index (χ4v) is 4.72. The topological polar surface area (TPSA) is 115 Å². The molecule has 11 nitrogen and oxygen atoms in total. The first-order chi connectivity index (χ1) is 19.1. The summed E-state index contributed by atoms with van der Waals surface area (Å²) < 4.78 is 12.1. The monoisotopic (exact) mass is 529 g/mol. The molecule has 0 spiro atoms. The number of para-hydroxylation sites is 1. The van der Waals surface area contributed by atoms with E-state index in [1.54, 1.807) is 19.5 Å². The Morgan fingerprint density at radius 1 is 0.974 bits per heavy atom. The number of carbonyl (C=O) groups excluding carboxylic acids is 2. The second-order valence-corrected chi connectivity index (χ2v) is 9.12. The molecular formula is C28H31N7O4. The van der Waals surface area contributed by atoms with Crippen molar-refractivity contribution in [1.82, 2.24) is 25.1 Å². The molecule has 0 atom stereocenters. The van der Waals surface area contributed by atoms with Crippen molar-refractivity contribution >= 4 is 34.4 Å². The van der Waals surface area contributed by atoms with Crippen LogP contribution in [0.3, 0.4) is 0 Å². The van der Waals surface area contributed by atoms with Crippen LogP contribution in [0.2, 0.25) is 0 Å². The number of nitrogens with one attached hydrogen (secondary N) is 1. The van der Waals surface area contributed by atoms with Crippen LogP contribution in [0.4, 0.5) is 11.5 Å². The fraction of sp³-hybridized carbons (Fsp3) is 0.321. The number of amides is 1. The Bertz CT molecular complexity index is 1450. The van der Waals surface area contributed by atoms with Gasteiger partial charge in [0, 0.05) is 44.7 Å². The summed E-state index contributed by atoms with van der Waals surface area (Å²) in [5, 5.41) is 8.34. The molecule has 2 aromatic heterocycles. The number of rotatable bonds is 9. The number of piperazine rings is 1. The van der Waals surface area contributed by atoms with Crippen LogP contribution in [0, 0.1) is 0 Å². The number of hydrogen-bond acceptors (Lipinski definition) is 9. The highest BCUT2D eigenvalue weighted by atomic mass is 16.5. The Morgan fingerprint density at radius 3 is 2.49 bits per heavy atom. The van der Waals surface area contributed by atoms with Crippen molar-refractivity contribution in [1.29, 1.82) is 0 Å². The van der Waals surface area contributed by atoms with E-state index in [0.29, 0.717) is 24.3 Å². The van der Waals surface area contributed by atoms with Gasteiger partial charge in [0.25, 0.3) is 5.91 Å². The Labute approximate surface area is 226 Å². The molecule has 2 aromatic carbocycles. The zero-order chi connectivity index (χ0) is 27.2. The van der Waals surface area contributed by atoms with Gasteiger partial charge in [0.15, 0.2) is 5.65 Å². The Balaban J connectivity index is 1.28. The number of aromatic nitrogens is 4. The van der Waals surface area contributed by atoms with Gasteiger partial charge in [-0.25, -0.2) is 14.6 Å². The molecule has 1 amide bonds. The number of methoxy groups -OCH3 is 2. The molecule has 3 heterocycles. The van der Waals surface area contributed by atoms with Crippen molar-refractivity contribution in [3.8, 4) is 11.4 Å². The molecule has 1 aliphatic rings. The van der Waals surface area contributed by atoms with Crippen molar-refractivity contribution in [3.63, 3.8) is 0 Å². The lowest BCUT2D eigenvalue weighted by atomic mass is 10.1. The maximum atomic E-state index is 12.7. The van der Waals surface area contributed by atoms with Crippen LogP contribution in [0.5, 0.6) is 5.75 Å². The molecule has 0 aliphatic carbocycles. The molecule has 1 N–H and O–H groups in total. The highest BCUT2D eigenvalue weighted by Gasteiger charge is 2.24. The van der Waals surface area contributed by atoms with E-state index in [4.69, 9.17) is 4.74 Å². The first-order valence-corrected chi connectivity index (χ1v) is 12.9. The predicted molar refractivity (Wildman–Crippen MR) is 148 cm³/mol. The number of benzene rings is 2. The van der Waals surface area contributed by atoms with E-state index in [1.807, 2.05) is 53.3 Å². The zero-order valence-corrected chi connectivity index (χ0v) is 22.0. The first-order valence-electron chi connectivity index (χ1n) is 12.9. The second-order valence-electron chi connectivity index (χ2n) is 9.12. The molecule has 1 aliphatic heterocycles. The minimum Gasteiger partial charge on any atom is -0.495 e. The van der Waals surface area contributed by atoms with E-state index in [-0.39, 0.29) is 18.3 Å². The minimum absolute atomic E-state index is 0.193. The van der Waals surface area contributed by atoms with E-state index in [1.165, 1.54) is 7.11 Å². The van der Waals surface area contributed by atoms with Gasteiger partial charge in [-0.15, -0.1) is 0 Å². The average molecular weight is 530 g/mol.